The van der Waals surface area contributed by atoms with E-state index in [9.17, 15) is 28.0 Å². The van der Waals surface area contributed by atoms with Crippen LogP contribution in [0.15, 0.2) is 72.8 Å². The Morgan fingerprint density at radius 2 is 1.61 bits per heavy atom. The smallest absolute Gasteiger partial charge is 0.406 e. The molecule has 0 bridgehead atoms. The number of benzene rings is 3. The SMILES string of the molecule is Cc1ccc(C(=O)c2nn(-c3ccc(Cl)cc3)c(NCCCNC(=O)c3ccc(OC(F)(F)F)cc3)c2C#N)cc1. The van der Waals surface area contributed by atoms with E-state index in [1.807, 2.05) is 6.92 Å². The van der Waals surface area contributed by atoms with Crippen molar-refractivity contribution in [2.24, 2.45) is 0 Å². The van der Waals surface area contributed by atoms with E-state index in [0.717, 1.165) is 17.7 Å². The van der Waals surface area contributed by atoms with Gasteiger partial charge in [0.2, 0.25) is 5.78 Å². The second-order valence-electron chi connectivity index (χ2n) is 8.88. The van der Waals surface area contributed by atoms with Gasteiger partial charge in [-0.2, -0.15) is 10.4 Å². The first-order valence-electron chi connectivity index (χ1n) is 12.3. The van der Waals surface area contributed by atoms with Gasteiger partial charge >= 0.3 is 6.36 Å². The van der Waals surface area contributed by atoms with Crippen LogP contribution in [-0.2, 0) is 0 Å². The van der Waals surface area contributed by atoms with Crippen molar-refractivity contribution in [2.45, 2.75) is 19.7 Å². The molecule has 3 aromatic carbocycles. The second kappa shape index (κ2) is 12.6. The highest BCUT2D eigenvalue weighted by Gasteiger charge is 2.31. The van der Waals surface area contributed by atoms with Crippen LogP contribution in [0.3, 0.4) is 0 Å². The number of amides is 1. The van der Waals surface area contributed by atoms with E-state index in [1.54, 1.807) is 48.5 Å². The van der Waals surface area contributed by atoms with E-state index in [4.69, 9.17) is 11.6 Å². The Bertz CT molecular complexity index is 1580. The number of alkyl halides is 3. The summed E-state index contributed by atoms with van der Waals surface area (Å²) in [5, 5.41) is 20.8. The van der Waals surface area contributed by atoms with Crippen LogP contribution in [-0.4, -0.2) is 40.9 Å². The van der Waals surface area contributed by atoms with Gasteiger partial charge in [0.15, 0.2) is 5.69 Å². The first kappa shape index (κ1) is 29.2. The Hall–Kier alpha value is -4.82. The Labute approximate surface area is 238 Å². The number of ether oxygens (including phenoxy) is 1. The van der Waals surface area contributed by atoms with Gasteiger partial charge < -0.3 is 15.4 Å². The van der Waals surface area contributed by atoms with Crippen LogP contribution in [0.1, 0.15) is 44.0 Å². The number of hydrogen-bond donors (Lipinski definition) is 2. The van der Waals surface area contributed by atoms with E-state index >= 15 is 0 Å². The summed E-state index contributed by atoms with van der Waals surface area (Å²) in [4.78, 5) is 25.7. The zero-order valence-corrected chi connectivity index (χ0v) is 22.4. The van der Waals surface area contributed by atoms with Crippen molar-refractivity contribution in [3.63, 3.8) is 0 Å². The third-order valence-corrected chi connectivity index (χ3v) is 6.13. The lowest BCUT2D eigenvalue weighted by molar-refractivity contribution is -0.274. The van der Waals surface area contributed by atoms with Gasteiger partial charge in [0.05, 0.1) is 5.69 Å². The van der Waals surface area contributed by atoms with E-state index in [0.29, 0.717) is 35.1 Å². The molecule has 0 aliphatic rings. The molecular weight excluding hydrogens is 559 g/mol. The molecule has 0 aliphatic heterocycles. The summed E-state index contributed by atoms with van der Waals surface area (Å²) in [6.07, 6.45) is -4.40. The molecule has 4 rings (SSSR count). The zero-order chi connectivity index (χ0) is 29.6. The van der Waals surface area contributed by atoms with E-state index in [-0.39, 0.29) is 23.4 Å². The summed E-state index contributed by atoms with van der Waals surface area (Å²) in [6, 6.07) is 20.3. The van der Waals surface area contributed by atoms with Crippen molar-refractivity contribution in [3.05, 3.63) is 106 Å². The monoisotopic (exact) mass is 581 g/mol. The molecule has 0 spiro atoms. The summed E-state index contributed by atoms with van der Waals surface area (Å²) in [5.41, 5.74) is 2.16. The predicted molar refractivity (Wildman–Crippen MR) is 146 cm³/mol. The van der Waals surface area contributed by atoms with Gasteiger partial charge in [-0.25, -0.2) is 4.68 Å². The maximum Gasteiger partial charge on any atom is 0.573 e. The quantitative estimate of drug-likeness (QED) is 0.174. The topological polar surface area (TPSA) is 109 Å². The van der Waals surface area contributed by atoms with Crippen LogP contribution in [0.5, 0.6) is 5.75 Å². The molecule has 0 aliphatic carbocycles. The summed E-state index contributed by atoms with van der Waals surface area (Å²) in [7, 11) is 0. The molecule has 1 amide bonds. The fourth-order valence-electron chi connectivity index (χ4n) is 3.86. The summed E-state index contributed by atoms with van der Waals surface area (Å²) >= 11 is 6.03. The van der Waals surface area contributed by atoms with E-state index in [2.05, 4.69) is 26.5 Å². The zero-order valence-electron chi connectivity index (χ0n) is 21.6. The van der Waals surface area contributed by atoms with Crippen LogP contribution in [0.2, 0.25) is 5.02 Å². The van der Waals surface area contributed by atoms with Crippen molar-refractivity contribution in [1.29, 1.82) is 5.26 Å². The minimum atomic E-state index is -4.82. The van der Waals surface area contributed by atoms with E-state index in [1.165, 1.54) is 16.8 Å². The Balaban J connectivity index is 1.46. The Morgan fingerprint density at radius 3 is 2.22 bits per heavy atom. The number of nitrogens with one attached hydrogen (secondary N) is 2. The minimum Gasteiger partial charge on any atom is -0.406 e. The molecule has 8 nitrogen and oxygen atoms in total. The Morgan fingerprint density at radius 1 is 0.976 bits per heavy atom. The molecule has 4 aromatic rings. The summed E-state index contributed by atoms with van der Waals surface area (Å²) in [5.74, 6) is -1.00. The first-order chi connectivity index (χ1) is 19.6. The number of aromatic nitrogens is 2. The van der Waals surface area contributed by atoms with Gasteiger partial charge in [0, 0.05) is 29.2 Å². The van der Waals surface area contributed by atoms with Crippen LogP contribution in [0.25, 0.3) is 5.69 Å². The van der Waals surface area contributed by atoms with Gasteiger partial charge in [-0.3, -0.25) is 9.59 Å². The molecule has 2 N–H and O–H groups in total. The molecule has 0 fully saturated rings. The molecule has 0 saturated carbocycles. The normalized spacial score (nSPS) is 11.0. The van der Waals surface area contributed by atoms with Crippen LogP contribution in [0, 0.1) is 18.3 Å². The average molecular weight is 582 g/mol. The molecule has 0 unspecified atom stereocenters. The number of carbonyl (C=O) groups excluding carboxylic acids is 2. The molecule has 12 heteroatoms. The lowest BCUT2D eigenvalue weighted by atomic mass is 10.0. The molecule has 0 atom stereocenters. The van der Waals surface area contributed by atoms with Gasteiger partial charge in [-0.05, 0) is 61.9 Å². The largest absolute Gasteiger partial charge is 0.573 e. The molecular formula is C29H23ClF3N5O3. The number of nitrogens with zero attached hydrogens (tertiary/aromatic N) is 3. The average Bonchev–Trinajstić information content (AvgIpc) is 3.31. The second-order valence-corrected chi connectivity index (χ2v) is 9.31. The van der Waals surface area contributed by atoms with Crippen molar-refractivity contribution in [3.8, 4) is 17.5 Å². The van der Waals surface area contributed by atoms with Crippen LogP contribution >= 0.6 is 11.6 Å². The molecule has 41 heavy (non-hydrogen) atoms. The molecule has 1 aromatic heterocycles. The number of hydrogen-bond acceptors (Lipinski definition) is 6. The highest BCUT2D eigenvalue weighted by molar-refractivity contribution is 6.30. The highest BCUT2D eigenvalue weighted by Crippen LogP contribution is 2.27. The molecule has 210 valence electrons. The molecule has 1 heterocycles. The van der Waals surface area contributed by atoms with Gasteiger partial charge in [0.25, 0.3) is 5.91 Å². The molecule has 0 radical (unpaired) electrons. The number of nitriles is 1. The van der Waals surface area contributed by atoms with Crippen LogP contribution < -0.4 is 15.4 Å². The Kier molecular flexibility index (Phi) is 8.94. The fraction of sp³-hybridized carbons (Fsp3) is 0.172. The number of ketones is 1. The van der Waals surface area contributed by atoms with Crippen molar-refractivity contribution < 1.29 is 27.5 Å². The summed E-state index contributed by atoms with van der Waals surface area (Å²) < 4.78 is 42.2. The van der Waals surface area contributed by atoms with E-state index < -0.39 is 23.8 Å². The maximum absolute atomic E-state index is 13.3. The van der Waals surface area contributed by atoms with Crippen LogP contribution in [0.4, 0.5) is 19.0 Å². The first-order valence-corrected chi connectivity index (χ1v) is 12.7. The molecule has 0 saturated heterocycles. The van der Waals surface area contributed by atoms with Gasteiger partial charge in [-0.1, -0.05) is 41.4 Å². The number of halogens is 4. The number of aryl methyl sites for hydroxylation is 1. The van der Waals surface area contributed by atoms with Crippen molar-refractivity contribution >= 4 is 29.1 Å². The number of anilines is 1. The third kappa shape index (κ3) is 7.43. The van der Waals surface area contributed by atoms with Gasteiger partial charge in [-0.15, -0.1) is 13.2 Å². The predicted octanol–water partition coefficient (Wildman–Crippen LogP) is 6.07. The number of rotatable bonds is 10. The van der Waals surface area contributed by atoms with Gasteiger partial charge in [0.1, 0.15) is 23.2 Å². The summed E-state index contributed by atoms with van der Waals surface area (Å²) in [6.45, 7) is 2.42. The van der Waals surface area contributed by atoms with Crippen molar-refractivity contribution in [2.75, 3.05) is 18.4 Å². The standard InChI is InChI=1S/C29H23ClF3N5O3/c1-18-3-5-19(6-4-18)26(39)25-24(17-34)27(38(37-25)22-11-9-21(30)10-12-22)35-15-2-16-36-28(40)20-7-13-23(14-8-20)41-29(31,32)33/h3-14,35H,2,15-16H2,1H3,(H,36,40). The minimum absolute atomic E-state index is 0.0138. The lowest BCUT2D eigenvalue weighted by Crippen LogP contribution is -2.26. The number of carbonyl (C=O) groups is 2. The van der Waals surface area contributed by atoms with Crippen molar-refractivity contribution in [1.82, 2.24) is 15.1 Å². The highest BCUT2D eigenvalue weighted by atomic mass is 35.5. The maximum atomic E-state index is 13.3. The fourth-order valence-corrected chi connectivity index (χ4v) is 3.99. The lowest BCUT2D eigenvalue weighted by Gasteiger charge is -2.11. The third-order valence-electron chi connectivity index (χ3n) is 5.88.